The van der Waals surface area contributed by atoms with Crippen LogP contribution >= 0.6 is 0 Å². The van der Waals surface area contributed by atoms with Gasteiger partial charge in [0.1, 0.15) is 11.8 Å². The molecule has 0 amide bonds. The molecule has 1 atom stereocenters. The highest BCUT2D eigenvalue weighted by molar-refractivity contribution is 7.84. The predicted octanol–water partition coefficient (Wildman–Crippen LogP) is 2.69. The van der Waals surface area contributed by atoms with Gasteiger partial charge in [0.25, 0.3) is 0 Å². The van der Waals surface area contributed by atoms with Gasteiger partial charge >= 0.3 is 0 Å². The van der Waals surface area contributed by atoms with Crippen molar-refractivity contribution in [3.8, 4) is 0 Å². The van der Waals surface area contributed by atoms with Crippen LogP contribution in [0.3, 0.4) is 0 Å². The van der Waals surface area contributed by atoms with Gasteiger partial charge < -0.3 is 10.5 Å². The van der Waals surface area contributed by atoms with Crippen LogP contribution in [-0.4, -0.2) is 10.1 Å². The Hall–Kier alpha value is -1.72. The lowest BCUT2D eigenvalue weighted by Crippen LogP contribution is -2.05. The summed E-state index contributed by atoms with van der Waals surface area (Å²) < 4.78 is 30.7. The molecular weight excluding hydrogens is 265 g/mol. The molecule has 0 radical (unpaired) electrons. The molecule has 0 aromatic heterocycles. The van der Waals surface area contributed by atoms with Crippen molar-refractivity contribution in [3.05, 3.63) is 59.9 Å². The fourth-order valence-corrected chi connectivity index (χ4v) is 2.43. The number of halogens is 1. The fourth-order valence-electron chi connectivity index (χ4n) is 1.57. The van der Waals surface area contributed by atoms with Crippen molar-refractivity contribution in [1.82, 2.24) is 0 Å². The largest absolute Gasteiger partial charge is 0.399 e. The highest BCUT2D eigenvalue weighted by Crippen LogP contribution is 2.16. The second-order valence-corrected chi connectivity index (χ2v) is 5.35. The van der Waals surface area contributed by atoms with Crippen molar-refractivity contribution in [2.75, 3.05) is 11.7 Å². The average molecular weight is 279 g/mol. The van der Waals surface area contributed by atoms with Crippen LogP contribution in [0.5, 0.6) is 0 Å². The van der Waals surface area contributed by atoms with Gasteiger partial charge in [-0.1, -0.05) is 30.3 Å². The quantitative estimate of drug-likeness (QED) is 0.856. The van der Waals surface area contributed by atoms with E-state index in [-0.39, 0.29) is 10.8 Å². The molecule has 0 spiro atoms. The number of nitrogen functional groups attached to an aromatic ring is 1. The standard InChI is InChI=1S/C14H14FNO2S/c15-13-8-12(16)6-7-14(13)19(17)10-18-9-11-4-2-1-3-5-11/h1-8H,9-10,16H2. The monoisotopic (exact) mass is 279 g/mol. The van der Waals surface area contributed by atoms with Crippen LogP contribution in [-0.2, 0) is 22.1 Å². The fraction of sp³-hybridized carbons (Fsp3) is 0.143. The summed E-state index contributed by atoms with van der Waals surface area (Å²) in [5.41, 5.74) is 6.73. The van der Waals surface area contributed by atoms with Crippen LogP contribution in [0.2, 0.25) is 0 Å². The number of nitrogens with two attached hydrogens (primary N) is 1. The predicted molar refractivity (Wildman–Crippen MR) is 73.3 cm³/mol. The van der Waals surface area contributed by atoms with Gasteiger partial charge in [-0.2, -0.15) is 0 Å². The van der Waals surface area contributed by atoms with Gasteiger partial charge in [-0.15, -0.1) is 0 Å². The molecule has 5 heteroatoms. The molecule has 0 aliphatic carbocycles. The first-order valence-corrected chi connectivity index (χ1v) is 7.04. The lowest BCUT2D eigenvalue weighted by Gasteiger charge is -2.06. The smallest absolute Gasteiger partial charge is 0.141 e. The van der Waals surface area contributed by atoms with E-state index in [0.717, 1.165) is 11.6 Å². The maximum absolute atomic E-state index is 13.5. The third-order valence-corrected chi connectivity index (χ3v) is 3.71. The van der Waals surface area contributed by atoms with Crippen molar-refractivity contribution in [3.63, 3.8) is 0 Å². The molecule has 2 aromatic carbocycles. The SMILES string of the molecule is Nc1ccc(S(=O)COCc2ccccc2)c(F)c1. The van der Waals surface area contributed by atoms with E-state index in [1.54, 1.807) is 0 Å². The van der Waals surface area contributed by atoms with E-state index in [1.807, 2.05) is 30.3 Å². The van der Waals surface area contributed by atoms with Gasteiger partial charge in [-0.25, -0.2) is 4.39 Å². The van der Waals surface area contributed by atoms with Gasteiger partial charge in [0.05, 0.1) is 22.3 Å². The Balaban J connectivity index is 1.91. The molecule has 19 heavy (non-hydrogen) atoms. The first-order valence-electron chi connectivity index (χ1n) is 5.72. The second-order valence-electron chi connectivity index (χ2n) is 3.99. The number of ether oxygens (including phenoxy) is 1. The molecule has 1 unspecified atom stereocenters. The zero-order chi connectivity index (χ0) is 13.7. The summed E-state index contributed by atoms with van der Waals surface area (Å²) in [6, 6.07) is 13.6. The third kappa shape index (κ3) is 3.87. The van der Waals surface area contributed by atoms with Crippen molar-refractivity contribution in [2.45, 2.75) is 11.5 Å². The van der Waals surface area contributed by atoms with Gasteiger partial charge in [-0.3, -0.25) is 4.21 Å². The maximum Gasteiger partial charge on any atom is 0.141 e. The molecule has 2 aromatic rings. The molecule has 0 saturated heterocycles. The Bertz CT molecular complexity index is 575. The number of anilines is 1. The van der Waals surface area contributed by atoms with Crippen molar-refractivity contribution in [2.24, 2.45) is 0 Å². The minimum Gasteiger partial charge on any atom is -0.399 e. The molecule has 0 heterocycles. The van der Waals surface area contributed by atoms with E-state index >= 15 is 0 Å². The molecule has 0 fully saturated rings. The second kappa shape index (κ2) is 6.45. The molecule has 100 valence electrons. The van der Waals surface area contributed by atoms with Crippen molar-refractivity contribution in [1.29, 1.82) is 0 Å². The van der Waals surface area contributed by atoms with E-state index in [2.05, 4.69) is 0 Å². The lowest BCUT2D eigenvalue weighted by molar-refractivity contribution is 0.166. The summed E-state index contributed by atoms with van der Waals surface area (Å²) in [7, 11) is -1.53. The number of benzene rings is 2. The van der Waals surface area contributed by atoms with Crippen LogP contribution < -0.4 is 5.73 Å². The van der Waals surface area contributed by atoms with E-state index in [9.17, 15) is 8.60 Å². The molecule has 0 bridgehead atoms. The zero-order valence-electron chi connectivity index (χ0n) is 10.2. The van der Waals surface area contributed by atoms with Gasteiger partial charge in [0.15, 0.2) is 0 Å². The van der Waals surface area contributed by atoms with Gasteiger partial charge in [-0.05, 0) is 23.8 Å². The average Bonchev–Trinajstić information content (AvgIpc) is 2.39. The molecule has 2 N–H and O–H groups in total. The van der Waals surface area contributed by atoms with Gasteiger partial charge in [0, 0.05) is 5.69 Å². The van der Waals surface area contributed by atoms with Crippen LogP contribution in [0.1, 0.15) is 5.56 Å². The van der Waals surface area contributed by atoms with Crippen molar-refractivity contribution < 1.29 is 13.3 Å². The minimum atomic E-state index is -1.53. The zero-order valence-corrected chi connectivity index (χ0v) is 11.0. The van der Waals surface area contributed by atoms with E-state index in [0.29, 0.717) is 12.3 Å². The molecule has 0 aliphatic rings. The topological polar surface area (TPSA) is 52.3 Å². The first kappa shape index (κ1) is 13.7. The molecule has 0 saturated carbocycles. The minimum absolute atomic E-state index is 0.0459. The molecule has 3 nitrogen and oxygen atoms in total. The Kier molecular flexibility index (Phi) is 4.65. The number of hydrogen-bond donors (Lipinski definition) is 1. The van der Waals surface area contributed by atoms with Crippen LogP contribution in [0.15, 0.2) is 53.4 Å². The highest BCUT2D eigenvalue weighted by Gasteiger charge is 2.10. The summed E-state index contributed by atoms with van der Waals surface area (Å²) >= 11 is 0. The first-order chi connectivity index (χ1) is 9.16. The number of hydrogen-bond acceptors (Lipinski definition) is 3. The van der Waals surface area contributed by atoms with Crippen LogP contribution in [0.4, 0.5) is 10.1 Å². The Morgan fingerprint density at radius 2 is 1.89 bits per heavy atom. The van der Waals surface area contributed by atoms with Crippen LogP contribution in [0.25, 0.3) is 0 Å². The van der Waals surface area contributed by atoms with E-state index in [4.69, 9.17) is 10.5 Å². The molecular formula is C14H14FNO2S. The Morgan fingerprint density at radius 3 is 2.58 bits per heavy atom. The molecule has 0 aliphatic heterocycles. The van der Waals surface area contributed by atoms with Gasteiger partial charge in [0.2, 0.25) is 0 Å². The summed E-state index contributed by atoms with van der Waals surface area (Å²) in [6.45, 7) is 0.350. The highest BCUT2D eigenvalue weighted by atomic mass is 32.2. The van der Waals surface area contributed by atoms with E-state index in [1.165, 1.54) is 12.1 Å². The van der Waals surface area contributed by atoms with Crippen LogP contribution in [0, 0.1) is 5.82 Å². The third-order valence-electron chi connectivity index (χ3n) is 2.50. The molecule has 2 rings (SSSR count). The number of rotatable bonds is 5. The lowest BCUT2D eigenvalue weighted by atomic mass is 10.2. The Labute approximate surface area is 113 Å². The summed E-state index contributed by atoms with van der Waals surface area (Å²) in [5, 5.41) is 0. The normalized spacial score (nSPS) is 12.3. The maximum atomic E-state index is 13.5. The summed E-state index contributed by atoms with van der Waals surface area (Å²) in [6.07, 6.45) is 0. The summed E-state index contributed by atoms with van der Waals surface area (Å²) in [4.78, 5) is 0.113. The van der Waals surface area contributed by atoms with E-state index < -0.39 is 16.6 Å². The Morgan fingerprint density at radius 1 is 1.16 bits per heavy atom. The van der Waals surface area contributed by atoms with Crippen molar-refractivity contribution >= 4 is 16.5 Å². The summed E-state index contributed by atoms with van der Waals surface area (Å²) in [5.74, 6) is -0.614.